The van der Waals surface area contributed by atoms with Crippen LogP contribution in [-0.4, -0.2) is 84.7 Å². The number of nitrogens with one attached hydrogen (secondary N) is 1. The summed E-state index contributed by atoms with van der Waals surface area (Å²) in [5, 5.41) is 3.00. The third-order valence-electron chi connectivity index (χ3n) is 7.98. The second-order valence-corrected chi connectivity index (χ2v) is 10.3. The normalized spacial score (nSPS) is 26.3. The number of piperidine rings is 1. The molecule has 3 amide bonds. The largest absolute Gasteiger partial charge is 0.366 e. The first-order chi connectivity index (χ1) is 16.6. The summed E-state index contributed by atoms with van der Waals surface area (Å²) in [6, 6.07) is 21.7. The molecule has 0 unspecified atom stereocenters. The van der Waals surface area contributed by atoms with Gasteiger partial charge < -0.3 is 19.9 Å². The quantitative estimate of drug-likeness (QED) is 0.765. The van der Waals surface area contributed by atoms with E-state index < -0.39 is 0 Å². The number of rotatable bonds is 3. The first kappa shape index (κ1) is 21.6. The van der Waals surface area contributed by atoms with Crippen LogP contribution in [0.4, 0.5) is 4.79 Å². The monoisotopic (exact) mass is 460 g/mol. The van der Waals surface area contributed by atoms with Crippen LogP contribution in [-0.2, 0) is 9.53 Å². The Morgan fingerprint density at radius 3 is 2.29 bits per heavy atom. The maximum atomic E-state index is 13.3. The number of fused-ring (bicyclic) bond motifs is 1. The first-order valence-electron chi connectivity index (χ1n) is 12.4. The topological polar surface area (TPSA) is 65.1 Å². The van der Waals surface area contributed by atoms with E-state index in [1.165, 1.54) is 11.1 Å². The Hall–Kier alpha value is -2.90. The number of benzene rings is 2. The molecule has 4 aliphatic rings. The minimum absolute atomic E-state index is 0.0276. The van der Waals surface area contributed by atoms with Gasteiger partial charge in [-0.1, -0.05) is 60.7 Å². The molecular formula is C27H32N4O3. The van der Waals surface area contributed by atoms with Gasteiger partial charge in [0.05, 0.1) is 18.2 Å². The van der Waals surface area contributed by atoms with E-state index in [-0.39, 0.29) is 42.1 Å². The maximum absolute atomic E-state index is 13.3. The Kier molecular flexibility index (Phi) is 5.54. The Balaban J connectivity index is 1.11. The molecule has 34 heavy (non-hydrogen) atoms. The molecular weight excluding hydrogens is 428 g/mol. The van der Waals surface area contributed by atoms with Crippen LogP contribution in [0.3, 0.4) is 0 Å². The van der Waals surface area contributed by atoms with Gasteiger partial charge in [0.25, 0.3) is 0 Å². The van der Waals surface area contributed by atoms with Crippen molar-refractivity contribution in [3.05, 3.63) is 71.8 Å². The summed E-state index contributed by atoms with van der Waals surface area (Å²) >= 11 is 0. The number of carbonyl (C=O) groups is 2. The number of nitrogens with zero attached hydrogens (tertiary/aromatic N) is 3. The fraction of sp³-hybridized carbons (Fsp3) is 0.481. The molecule has 6 rings (SSSR count). The molecule has 0 radical (unpaired) electrons. The molecule has 0 bridgehead atoms. The molecule has 0 aliphatic carbocycles. The highest BCUT2D eigenvalue weighted by Gasteiger charge is 2.51. The van der Waals surface area contributed by atoms with Gasteiger partial charge in [0.1, 0.15) is 6.61 Å². The van der Waals surface area contributed by atoms with Crippen molar-refractivity contribution in [2.45, 2.75) is 31.0 Å². The summed E-state index contributed by atoms with van der Waals surface area (Å²) in [6.07, 6.45) is 1.85. The summed E-state index contributed by atoms with van der Waals surface area (Å²) in [7, 11) is 0. The molecule has 7 nitrogen and oxygen atoms in total. The van der Waals surface area contributed by atoms with Gasteiger partial charge >= 0.3 is 6.03 Å². The van der Waals surface area contributed by atoms with Crippen LogP contribution in [0.5, 0.6) is 0 Å². The fourth-order valence-corrected chi connectivity index (χ4v) is 6.31. The minimum atomic E-state index is -0.0905. The van der Waals surface area contributed by atoms with Crippen molar-refractivity contribution in [3.63, 3.8) is 0 Å². The van der Waals surface area contributed by atoms with Crippen molar-refractivity contribution in [1.82, 2.24) is 20.0 Å². The van der Waals surface area contributed by atoms with Crippen LogP contribution in [0.25, 0.3) is 0 Å². The molecule has 1 N–H and O–H groups in total. The number of morpholine rings is 1. The number of carbonyl (C=O) groups excluding carboxylic acids is 2. The van der Waals surface area contributed by atoms with Crippen molar-refractivity contribution in [1.29, 1.82) is 0 Å². The van der Waals surface area contributed by atoms with E-state index in [0.29, 0.717) is 13.1 Å². The highest BCUT2D eigenvalue weighted by Crippen LogP contribution is 2.45. The lowest BCUT2D eigenvalue weighted by Crippen LogP contribution is -2.62. The zero-order valence-electron chi connectivity index (χ0n) is 19.4. The van der Waals surface area contributed by atoms with Crippen LogP contribution >= 0.6 is 0 Å². The van der Waals surface area contributed by atoms with Crippen molar-refractivity contribution < 1.29 is 14.3 Å². The van der Waals surface area contributed by atoms with Crippen LogP contribution < -0.4 is 5.32 Å². The first-order valence-corrected chi connectivity index (χ1v) is 12.4. The molecule has 4 heterocycles. The van der Waals surface area contributed by atoms with E-state index in [0.717, 1.165) is 39.0 Å². The van der Waals surface area contributed by atoms with Gasteiger partial charge in [-0.05, 0) is 24.0 Å². The number of amides is 3. The number of ether oxygens (including phenoxy) is 1. The Morgan fingerprint density at radius 1 is 0.941 bits per heavy atom. The van der Waals surface area contributed by atoms with E-state index in [1.807, 2.05) is 9.80 Å². The van der Waals surface area contributed by atoms with Crippen LogP contribution in [0, 0.1) is 5.41 Å². The number of hydrogen-bond donors (Lipinski definition) is 1. The second kappa shape index (κ2) is 8.71. The van der Waals surface area contributed by atoms with Crippen LogP contribution in [0.15, 0.2) is 60.7 Å². The van der Waals surface area contributed by atoms with E-state index in [4.69, 9.17) is 4.74 Å². The van der Waals surface area contributed by atoms with E-state index in [2.05, 4.69) is 70.9 Å². The van der Waals surface area contributed by atoms with Crippen LogP contribution in [0.2, 0.25) is 0 Å². The van der Waals surface area contributed by atoms with Gasteiger partial charge in [-0.3, -0.25) is 9.69 Å². The van der Waals surface area contributed by atoms with Gasteiger partial charge in [-0.25, -0.2) is 4.79 Å². The molecule has 2 aromatic carbocycles. The summed E-state index contributed by atoms with van der Waals surface area (Å²) in [5.74, 6) is -0.0865. The second-order valence-electron chi connectivity index (χ2n) is 10.3. The molecule has 0 aromatic heterocycles. The zero-order chi connectivity index (χ0) is 23.1. The smallest absolute Gasteiger partial charge is 0.320 e. The molecule has 4 fully saturated rings. The highest BCUT2D eigenvalue weighted by atomic mass is 16.5. The standard InChI is InChI=1S/C27H32N4O3/c32-24-16-34-23-11-13-29(15-22(23)28-24)26(33)30-14-12-27(17-30)18-31(19-27)25(20-7-3-1-4-8-20)21-9-5-2-6-10-21/h1-10,22-23,25H,11-19H2,(H,28,32)/t22-,23+/m1/s1. The number of urea groups is 1. The highest BCUT2D eigenvalue weighted by molar-refractivity contribution is 5.79. The Bertz CT molecular complexity index is 1000. The van der Waals surface area contributed by atoms with E-state index in [1.54, 1.807) is 0 Å². The molecule has 178 valence electrons. The van der Waals surface area contributed by atoms with Gasteiger partial charge in [-0.15, -0.1) is 0 Å². The van der Waals surface area contributed by atoms with Gasteiger partial charge in [0, 0.05) is 44.7 Å². The summed E-state index contributed by atoms with van der Waals surface area (Å²) in [4.78, 5) is 31.5. The average molecular weight is 461 g/mol. The van der Waals surface area contributed by atoms with Crippen LogP contribution in [0.1, 0.15) is 30.0 Å². The summed E-state index contributed by atoms with van der Waals surface area (Å²) < 4.78 is 5.65. The minimum Gasteiger partial charge on any atom is -0.366 e. The van der Waals surface area contributed by atoms with Gasteiger partial charge in [0.15, 0.2) is 0 Å². The van der Waals surface area contributed by atoms with E-state index >= 15 is 0 Å². The molecule has 4 saturated heterocycles. The maximum Gasteiger partial charge on any atom is 0.320 e. The molecule has 2 aromatic rings. The predicted octanol–water partition coefficient (Wildman–Crippen LogP) is 2.49. The Labute approximate surface area is 200 Å². The van der Waals surface area contributed by atoms with Gasteiger partial charge in [0.2, 0.25) is 5.91 Å². The molecule has 4 aliphatic heterocycles. The summed E-state index contributed by atoms with van der Waals surface area (Å²) in [5.41, 5.74) is 2.81. The van der Waals surface area contributed by atoms with Crippen molar-refractivity contribution in [3.8, 4) is 0 Å². The third kappa shape index (κ3) is 3.97. The zero-order valence-corrected chi connectivity index (χ0v) is 19.4. The Morgan fingerprint density at radius 2 is 1.62 bits per heavy atom. The third-order valence-corrected chi connectivity index (χ3v) is 7.98. The lowest BCUT2D eigenvalue weighted by molar-refractivity contribution is -0.139. The lowest BCUT2D eigenvalue weighted by atomic mass is 9.76. The fourth-order valence-electron chi connectivity index (χ4n) is 6.31. The lowest BCUT2D eigenvalue weighted by Gasteiger charge is -2.52. The SMILES string of the molecule is O=C1CO[C@H]2CCN(C(=O)N3CCC4(C3)CN(C(c3ccccc3)c3ccccc3)C4)C[C@H]2N1. The van der Waals surface area contributed by atoms with Gasteiger partial charge in [-0.2, -0.15) is 0 Å². The number of likely N-dealkylation sites (tertiary alicyclic amines) is 3. The molecule has 2 atom stereocenters. The average Bonchev–Trinajstić information content (AvgIpc) is 3.30. The van der Waals surface area contributed by atoms with E-state index in [9.17, 15) is 9.59 Å². The molecule has 0 saturated carbocycles. The van der Waals surface area contributed by atoms with Crippen molar-refractivity contribution >= 4 is 11.9 Å². The summed E-state index contributed by atoms with van der Waals surface area (Å²) in [6.45, 7) is 4.98. The molecule has 7 heteroatoms. The predicted molar refractivity (Wildman–Crippen MR) is 128 cm³/mol. The van der Waals surface area contributed by atoms with Crippen molar-refractivity contribution in [2.75, 3.05) is 45.9 Å². The number of hydrogen-bond acceptors (Lipinski definition) is 4. The molecule has 1 spiro atoms. The van der Waals surface area contributed by atoms with Crippen molar-refractivity contribution in [2.24, 2.45) is 5.41 Å².